The maximum atomic E-state index is 13.9. The third-order valence-corrected chi connectivity index (χ3v) is 14.1. The Labute approximate surface area is 278 Å². The van der Waals surface area contributed by atoms with Crippen molar-refractivity contribution >= 4 is 32.9 Å². The minimum Gasteiger partial charge on any atom is -0.444 e. The van der Waals surface area contributed by atoms with Gasteiger partial charge in [-0.2, -0.15) is 5.06 Å². The highest BCUT2D eigenvalue weighted by Crippen LogP contribution is 2.40. The summed E-state index contributed by atoms with van der Waals surface area (Å²) in [6.45, 7) is 19.6. The Morgan fingerprint density at radius 2 is 1.39 bits per heavy atom. The Morgan fingerprint density at radius 3 is 1.85 bits per heavy atom. The molecule has 0 aliphatic carbocycles. The predicted octanol–water partition coefficient (Wildman–Crippen LogP) is 7.08. The zero-order valence-corrected chi connectivity index (χ0v) is 31.1. The number of carbonyl (C=O) groups excluding carboxylic acids is 1. The van der Waals surface area contributed by atoms with Gasteiger partial charge in [0.1, 0.15) is 19.7 Å². The standard InChI is InChI=1S/C38H52N2O4Si2/c1-37(2,3)43-36(41)39-29-31(27-35(39)34(25-26-45(7,8)9)40(42)28-30-19-13-10-14-20-30)44-46(38(4,5)6,32-21-15-11-16-22-32)33-23-17-12-18-24-33/h10-24,31,34-35,42H,27-29H2,1-9H3/t31-,34+,35-/m1/s1. The summed E-state index contributed by atoms with van der Waals surface area (Å²) in [6.07, 6.45) is -0.204. The minimum atomic E-state index is -2.91. The third kappa shape index (κ3) is 8.78. The van der Waals surface area contributed by atoms with Crippen LogP contribution in [-0.2, 0) is 15.7 Å². The number of amides is 1. The minimum absolute atomic E-state index is 0.224. The molecule has 1 saturated heterocycles. The van der Waals surface area contributed by atoms with Crippen LogP contribution in [0.2, 0.25) is 24.7 Å². The highest BCUT2D eigenvalue weighted by atomic mass is 28.4. The van der Waals surface area contributed by atoms with E-state index in [1.54, 1.807) is 4.90 Å². The smallest absolute Gasteiger partial charge is 0.410 e. The van der Waals surface area contributed by atoms with E-state index in [4.69, 9.17) is 9.16 Å². The molecule has 0 radical (unpaired) electrons. The van der Waals surface area contributed by atoms with Crippen molar-refractivity contribution in [2.24, 2.45) is 0 Å². The lowest BCUT2D eigenvalue weighted by Crippen LogP contribution is -2.67. The van der Waals surface area contributed by atoms with Gasteiger partial charge in [0.15, 0.2) is 0 Å². The third-order valence-electron chi connectivity index (χ3n) is 8.16. The number of hydroxylamine groups is 2. The predicted molar refractivity (Wildman–Crippen MR) is 193 cm³/mol. The van der Waals surface area contributed by atoms with Gasteiger partial charge in [0.2, 0.25) is 0 Å². The van der Waals surface area contributed by atoms with Crippen LogP contribution in [0, 0.1) is 11.5 Å². The first-order chi connectivity index (χ1) is 21.5. The normalized spacial score (nSPS) is 18.2. The molecule has 0 unspecified atom stereocenters. The molecule has 0 aromatic heterocycles. The summed E-state index contributed by atoms with van der Waals surface area (Å²) in [5.74, 6) is 3.44. The zero-order valence-electron chi connectivity index (χ0n) is 29.1. The highest BCUT2D eigenvalue weighted by molar-refractivity contribution is 6.99. The summed E-state index contributed by atoms with van der Waals surface area (Å²) in [5.41, 5.74) is 3.77. The average Bonchev–Trinajstić information content (AvgIpc) is 3.39. The molecule has 3 atom stereocenters. The van der Waals surface area contributed by atoms with Crippen molar-refractivity contribution in [2.45, 2.75) is 103 Å². The largest absolute Gasteiger partial charge is 0.444 e. The maximum Gasteiger partial charge on any atom is 0.410 e. The summed E-state index contributed by atoms with van der Waals surface area (Å²) in [6, 6.07) is 29.9. The van der Waals surface area contributed by atoms with Gasteiger partial charge < -0.3 is 14.4 Å². The fourth-order valence-corrected chi connectivity index (χ4v) is 11.5. The second-order valence-electron chi connectivity index (χ2n) is 15.4. The molecule has 8 heteroatoms. The average molecular weight is 657 g/mol. The van der Waals surface area contributed by atoms with E-state index in [0.717, 1.165) is 5.56 Å². The van der Waals surface area contributed by atoms with E-state index in [2.05, 4.69) is 100 Å². The summed E-state index contributed by atoms with van der Waals surface area (Å²) < 4.78 is 13.5. The number of carbonyl (C=O) groups is 1. The van der Waals surface area contributed by atoms with Crippen LogP contribution in [0.25, 0.3) is 0 Å². The van der Waals surface area contributed by atoms with E-state index >= 15 is 0 Å². The van der Waals surface area contributed by atoms with Crippen LogP contribution in [0.4, 0.5) is 4.79 Å². The molecule has 1 aliphatic heterocycles. The van der Waals surface area contributed by atoms with E-state index in [0.29, 0.717) is 13.0 Å². The maximum absolute atomic E-state index is 13.9. The van der Waals surface area contributed by atoms with Crippen molar-refractivity contribution in [3.05, 3.63) is 96.6 Å². The van der Waals surface area contributed by atoms with Crippen molar-refractivity contribution in [3.8, 4) is 11.5 Å². The molecule has 46 heavy (non-hydrogen) atoms. The van der Waals surface area contributed by atoms with Crippen LogP contribution in [-0.4, -0.2) is 68.0 Å². The number of nitrogens with zero attached hydrogens (tertiary/aromatic N) is 2. The Morgan fingerprint density at radius 1 is 0.891 bits per heavy atom. The lowest BCUT2D eigenvalue weighted by atomic mass is 10.0. The molecule has 1 fully saturated rings. The molecule has 1 heterocycles. The summed E-state index contributed by atoms with van der Waals surface area (Å²) in [7, 11) is -4.73. The van der Waals surface area contributed by atoms with Crippen molar-refractivity contribution in [2.75, 3.05) is 6.54 Å². The Hall–Kier alpha value is -3.20. The van der Waals surface area contributed by atoms with E-state index < -0.39 is 40.2 Å². The molecule has 246 valence electrons. The Bertz CT molecular complexity index is 1450. The monoisotopic (exact) mass is 656 g/mol. The molecule has 0 saturated carbocycles. The molecule has 1 aliphatic rings. The van der Waals surface area contributed by atoms with Crippen LogP contribution in [0.5, 0.6) is 0 Å². The van der Waals surface area contributed by atoms with Crippen LogP contribution in [0.3, 0.4) is 0 Å². The first-order valence-electron chi connectivity index (χ1n) is 16.3. The Kier molecular flexibility index (Phi) is 11.1. The van der Waals surface area contributed by atoms with Gasteiger partial charge in [0, 0.05) is 6.54 Å². The summed E-state index contributed by atoms with van der Waals surface area (Å²) in [4.78, 5) is 15.7. The highest BCUT2D eigenvalue weighted by Gasteiger charge is 2.54. The SMILES string of the molecule is CC(C)(C)OC(=O)N1C[C@H](O[Si](c2ccccc2)(c2ccccc2)C(C)(C)C)C[C@@H]1[C@H](C#C[Si](C)(C)C)N(O)Cc1ccccc1. The quantitative estimate of drug-likeness (QED) is 0.160. The van der Waals surface area contributed by atoms with Crippen LogP contribution < -0.4 is 10.4 Å². The van der Waals surface area contributed by atoms with Crippen molar-refractivity contribution < 1.29 is 19.2 Å². The number of benzene rings is 3. The molecular weight excluding hydrogens is 605 g/mol. The van der Waals surface area contributed by atoms with Gasteiger partial charge in [-0.25, -0.2) is 4.79 Å². The molecule has 3 aromatic carbocycles. The first kappa shape index (κ1) is 35.7. The van der Waals surface area contributed by atoms with E-state index in [1.165, 1.54) is 15.4 Å². The molecule has 6 nitrogen and oxygen atoms in total. The van der Waals surface area contributed by atoms with Gasteiger partial charge >= 0.3 is 6.09 Å². The number of hydrogen-bond acceptors (Lipinski definition) is 5. The molecule has 1 amide bonds. The summed E-state index contributed by atoms with van der Waals surface area (Å²) in [5, 5.41) is 15.1. The van der Waals surface area contributed by atoms with Gasteiger partial charge in [-0.15, -0.1) is 5.54 Å². The second kappa shape index (κ2) is 14.3. The summed E-state index contributed by atoms with van der Waals surface area (Å²) >= 11 is 0. The number of rotatable bonds is 8. The van der Waals surface area contributed by atoms with Crippen LogP contribution in [0.1, 0.15) is 53.5 Å². The fourth-order valence-electron chi connectivity index (χ4n) is 6.21. The number of ether oxygens (including phenoxy) is 1. The molecule has 3 aromatic rings. The van der Waals surface area contributed by atoms with Crippen LogP contribution in [0.15, 0.2) is 91.0 Å². The second-order valence-corrected chi connectivity index (χ2v) is 24.4. The molecule has 4 rings (SSSR count). The zero-order chi connectivity index (χ0) is 33.8. The molecule has 0 bridgehead atoms. The van der Waals surface area contributed by atoms with Gasteiger partial charge in [-0.1, -0.05) is 137 Å². The van der Waals surface area contributed by atoms with Gasteiger partial charge in [-0.3, -0.25) is 4.90 Å². The topological polar surface area (TPSA) is 62.2 Å². The molecule has 1 N–H and O–H groups in total. The van der Waals surface area contributed by atoms with E-state index in [-0.39, 0.29) is 17.7 Å². The lowest BCUT2D eigenvalue weighted by Gasteiger charge is -2.44. The lowest BCUT2D eigenvalue weighted by molar-refractivity contribution is -0.133. The van der Waals surface area contributed by atoms with Gasteiger partial charge in [0.05, 0.1) is 18.7 Å². The molecule has 0 spiro atoms. The van der Waals surface area contributed by atoms with Crippen molar-refractivity contribution in [1.29, 1.82) is 0 Å². The number of likely N-dealkylation sites (tertiary alicyclic amines) is 1. The van der Waals surface area contributed by atoms with Gasteiger partial charge in [-0.05, 0) is 48.2 Å². The van der Waals surface area contributed by atoms with E-state index in [9.17, 15) is 10.0 Å². The Balaban J connectivity index is 1.81. The van der Waals surface area contributed by atoms with E-state index in [1.807, 2.05) is 63.2 Å². The van der Waals surface area contributed by atoms with Crippen molar-refractivity contribution in [1.82, 2.24) is 9.96 Å². The fraction of sp³-hybridized carbons (Fsp3) is 0.447. The van der Waals surface area contributed by atoms with Crippen LogP contribution >= 0.6 is 0 Å². The number of hydrogen-bond donors (Lipinski definition) is 1. The van der Waals surface area contributed by atoms with Crippen molar-refractivity contribution in [3.63, 3.8) is 0 Å². The van der Waals surface area contributed by atoms with Gasteiger partial charge in [0.25, 0.3) is 8.32 Å². The first-order valence-corrected chi connectivity index (χ1v) is 21.7. The molecular formula is C38H52N2O4Si2.